The summed E-state index contributed by atoms with van der Waals surface area (Å²) >= 11 is 0. The molecule has 4 heterocycles. The molecular weight excluding hydrogens is 512 g/mol. The summed E-state index contributed by atoms with van der Waals surface area (Å²) in [6, 6.07) is 12.9. The Hall–Kier alpha value is -4.38. The summed E-state index contributed by atoms with van der Waals surface area (Å²) in [5.41, 5.74) is 4.44. The third-order valence-electron chi connectivity index (χ3n) is 6.63. The van der Waals surface area contributed by atoms with E-state index >= 15 is 0 Å². The van der Waals surface area contributed by atoms with Crippen molar-refractivity contribution < 1.29 is 4.21 Å². The van der Waals surface area contributed by atoms with Gasteiger partial charge in [0.2, 0.25) is 0 Å². The Morgan fingerprint density at radius 1 is 1.00 bits per heavy atom. The highest BCUT2D eigenvalue weighted by Gasteiger charge is 2.30. The minimum atomic E-state index is -1.07. The molecule has 0 aliphatic heterocycles. The van der Waals surface area contributed by atoms with Crippen molar-refractivity contribution in [3.63, 3.8) is 0 Å². The predicted octanol–water partition coefficient (Wildman–Crippen LogP) is 3.95. The van der Waals surface area contributed by atoms with Crippen LogP contribution in [0.1, 0.15) is 42.8 Å². The smallest absolute Gasteiger partial charge is 0.299 e. The Labute approximate surface area is 227 Å². The van der Waals surface area contributed by atoms with Crippen molar-refractivity contribution in [3.8, 4) is 17.1 Å². The monoisotopic (exact) mass is 538 g/mol. The number of anilines is 1. The molecule has 0 amide bonds. The molecular formula is C28H26N8O2S. The van der Waals surface area contributed by atoms with Crippen LogP contribution in [0.2, 0.25) is 0 Å². The van der Waals surface area contributed by atoms with E-state index in [9.17, 15) is 9.00 Å². The Morgan fingerprint density at radius 2 is 1.82 bits per heavy atom. The maximum Gasteiger partial charge on any atom is 0.299 e. The van der Waals surface area contributed by atoms with Crippen LogP contribution in [0.25, 0.3) is 28.2 Å². The molecule has 39 heavy (non-hydrogen) atoms. The van der Waals surface area contributed by atoms with Crippen molar-refractivity contribution in [1.82, 2.24) is 34.5 Å². The molecule has 5 aromatic rings. The van der Waals surface area contributed by atoms with Crippen molar-refractivity contribution in [2.24, 2.45) is 0 Å². The third kappa shape index (κ3) is 4.92. The Balaban J connectivity index is 1.43. The van der Waals surface area contributed by atoms with E-state index in [4.69, 9.17) is 4.98 Å². The number of hydrogen-bond donors (Lipinski definition) is 1. The molecule has 1 aromatic carbocycles. The lowest BCUT2D eigenvalue weighted by atomic mass is 10.1. The predicted molar refractivity (Wildman–Crippen MR) is 149 cm³/mol. The van der Waals surface area contributed by atoms with Crippen LogP contribution < -0.4 is 10.9 Å². The van der Waals surface area contributed by atoms with Crippen LogP contribution in [0.3, 0.4) is 0 Å². The second-order valence-corrected chi connectivity index (χ2v) is 11.0. The van der Waals surface area contributed by atoms with Crippen LogP contribution in [0.15, 0.2) is 70.9 Å². The van der Waals surface area contributed by atoms with Gasteiger partial charge in [0.05, 0.1) is 56.8 Å². The molecule has 0 spiro atoms. The van der Waals surface area contributed by atoms with E-state index in [1.165, 1.54) is 0 Å². The van der Waals surface area contributed by atoms with Crippen LogP contribution in [-0.4, -0.2) is 44.4 Å². The summed E-state index contributed by atoms with van der Waals surface area (Å²) in [7, 11) is -1.07. The summed E-state index contributed by atoms with van der Waals surface area (Å²) in [4.78, 5) is 41.8. The summed E-state index contributed by atoms with van der Waals surface area (Å²) < 4.78 is 13.6. The maximum absolute atomic E-state index is 13.8. The van der Waals surface area contributed by atoms with Crippen LogP contribution in [-0.2, 0) is 17.3 Å². The highest BCUT2D eigenvalue weighted by atomic mass is 32.2. The van der Waals surface area contributed by atoms with Crippen molar-refractivity contribution >= 4 is 27.8 Å². The van der Waals surface area contributed by atoms with E-state index in [0.29, 0.717) is 44.9 Å². The Bertz CT molecular complexity index is 1750. The molecule has 1 saturated carbocycles. The second-order valence-electron chi connectivity index (χ2n) is 9.31. The quantitative estimate of drug-likeness (QED) is 0.312. The molecule has 1 fully saturated rings. The van der Waals surface area contributed by atoms with Gasteiger partial charge in [-0.25, -0.2) is 24.9 Å². The highest BCUT2D eigenvalue weighted by Crippen LogP contribution is 2.43. The zero-order valence-corrected chi connectivity index (χ0v) is 22.4. The van der Waals surface area contributed by atoms with Crippen LogP contribution in [0.4, 0.5) is 5.82 Å². The molecule has 0 radical (unpaired) electrons. The molecule has 11 heteroatoms. The van der Waals surface area contributed by atoms with Gasteiger partial charge in [-0.2, -0.15) is 0 Å². The standard InChI is InChI=1S/C28H26N8O2S/c1-3-39(38)21-12-11-19(29-14-21)13-30-26-28(37)36(20-7-5-4-6-8-20)27-22(34-26)15-31-25(35-27)23-17(2)32-16-33-24(23)18-9-10-18/h4-8,11-12,14-16,18H,3,9-10,13H2,1-2H3,(H,30,34). The van der Waals surface area contributed by atoms with Gasteiger partial charge < -0.3 is 5.32 Å². The van der Waals surface area contributed by atoms with Crippen LogP contribution in [0, 0.1) is 6.92 Å². The largest absolute Gasteiger partial charge is 0.360 e. The molecule has 1 N–H and O–H groups in total. The molecule has 1 unspecified atom stereocenters. The van der Waals surface area contributed by atoms with E-state index in [1.807, 2.05) is 44.2 Å². The fourth-order valence-corrected chi connectivity index (χ4v) is 5.18. The lowest BCUT2D eigenvalue weighted by molar-refractivity contribution is 0.683. The first kappa shape index (κ1) is 24.9. The molecule has 0 saturated heterocycles. The molecule has 196 valence electrons. The molecule has 1 aliphatic carbocycles. The van der Waals surface area contributed by atoms with Crippen molar-refractivity contribution in [3.05, 3.63) is 88.6 Å². The molecule has 1 atom stereocenters. The van der Waals surface area contributed by atoms with E-state index < -0.39 is 10.8 Å². The van der Waals surface area contributed by atoms with Gasteiger partial charge in [0, 0.05) is 17.9 Å². The highest BCUT2D eigenvalue weighted by molar-refractivity contribution is 7.85. The zero-order valence-electron chi connectivity index (χ0n) is 21.5. The number of hydrogen-bond acceptors (Lipinski definition) is 9. The van der Waals surface area contributed by atoms with Gasteiger partial charge in [-0.15, -0.1) is 0 Å². The van der Waals surface area contributed by atoms with Crippen molar-refractivity contribution in [1.29, 1.82) is 0 Å². The molecule has 6 rings (SSSR count). The van der Waals surface area contributed by atoms with Gasteiger partial charge in [-0.05, 0) is 44.0 Å². The van der Waals surface area contributed by atoms with Crippen LogP contribution in [0.5, 0.6) is 0 Å². The summed E-state index contributed by atoms with van der Waals surface area (Å²) in [6.07, 6.45) is 6.98. The van der Waals surface area contributed by atoms with Gasteiger partial charge in [-0.3, -0.25) is 18.6 Å². The average molecular weight is 539 g/mol. The Kier molecular flexibility index (Phi) is 6.65. The fraction of sp³-hybridized carbons (Fsp3) is 0.250. The minimum Gasteiger partial charge on any atom is -0.360 e. The van der Waals surface area contributed by atoms with E-state index in [-0.39, 0.29) is 17.9 Å². The topological polar surface area (TPSA) is 128 Å². The number of pyridine rings is 1. The normalized spacial score (nSPS) is 13.9. The Morgan fingerprint density at radius 3 is 2.54 bits per heavy atom. The van der Waals surface area contributed by atoms with E-state index in [0.717, 1.165) is 29.8 Å². The van der Waals surface area contributed by atoms with Crippen LogP contribution >= 0.6 is 0 Å². The number of nitrogens with one attached hydrogen (secondary N) is 1. The lowest BCUT2D eigenvalue weighted by Gasteiger charge is -2.14. The zero-order chi connectivity index (χ0) is 26.9. The van der Waals surface area contributed by atoms with Gasteiger partial charge in [0.25, 0.3) is 5.56 Å². The minimum absolute atomic E-state index is 0.156. The van der Waals surface area contributed by atoms with Crippen molar-refractivity contribution in [2.75, 3.05) is 11.1 Å². The SMILES string of the molecule is CCS(=O)c1ccc(CNc2nc3cnc(-c4c(C)ncnc4C4CC4)nc3n(-c3ccccc3)c2=O)nc1. The molecule has 4 aromatic heterocycles. The first-order valence-electron chi connectivity index (χ1n) is 12.8. The molecule has 10 nitrogen and oxygen atoms in total. The lowest BCUT2D eigenvalue weighted by Crippen LogP contribution is -2.25. The summed E-state index contributed by atoms with van der Waals surface area (Å²) in [5.74, 6) is 1.54. The number of rotatable bonds is 8. The molecule has 0 bridgehead atoms. The molecule has 1 aliphatic rings. The van der Waals surface area contributed by atoms with Gasteiger partial charge >= 0.3 is 0 Å². The second kappa shape index (κ2) is 10.4. The fourth-order valence-electron chi connectivity index (χ4n) is 4.46. The van der Waals surface area contributed by atoms with Gasteiger partial charge in [0.1, 0.15) is 11.8 Å². The summed E-state index contributed by atoms with van der Waals surface area (Å²) in [6.45, 7) is 4.06. The van der Waals surface area contributed by atoms with Gasteiger partial charge in [0.15, 0.2) is 17.3 Å². The van der Waals surface area contributed by atoms with E-state index in [1.54, 1.807) is 35.4 Å². The van der Waals surface area contributed by atoms with Crippen molar-refractivity contribution in [2.45, 2.75) is 44.0 Å². The number of aromatic nitrogens is 7. The number of aryl methyl sites for hydroxylation is 1. The maximum atomic E-state index is 13.8. The number of fused-ring (bicyclic) bond motifs is 1. The third-order valence-corrected chi connectivity index (χ3v) is 7.92. The number of benzene rings is 1. The summed E-state index contributed by atoms with van der Waals surface area (Å²) in [5, 5.41) is 3.12. The van der Waals surface area contributed by atoms with E-state index in [2.05, 4.69) is 30.2 Å². The first-order chi connectivity index (χ1) is 19.0. The number of nitrogens with zero attached hydrogens (tertiary/aromatic N) is 7. The average Bonchev–Trinajstić information content (AvgIpc) is 3.82. The van der Waals surface area contributed by atoms with Gasteiger partial charge in [-0.1, -0.05) is 25.1 Å². The first-order valence-corrected chi connectivity index (χ1v) is 14.1. The number of para-hydroxylation sites is 1.